The van der Waals surface area contributed by atoms with Gasteiger partial charge in [-0.2, -0.15) is 4.80 Å². The molecule has 0 radical (unpaired) electrons. The molecular formula is C18H23FN6O3. The molecule has 28 heavy (non-hydrogen) atoms. The van der Waals surface area contributed by atoms with Crippen LogP contribution < -0.4 is 9.80 Å². The Balaban J connectivity index is 1.42. The minimum absolute atomic E-state index is 0.305. The Bertz CT molecular complexity index is 838. The molecule has 10 heteroatoms. The molecule has 0 aliphatic carbocycles. The Morgan fingerprint density at radius 1 is 1.29 bits per heavy atom. The number of hydrogen-bond donors (Lipinski definition) is 0. The molecule has 2 aromatic rings. The topological polar surface area (TPSA) is 85.6 Å². The van der Waals surface area contributed by atoms with Crippen molar-refractivity contribution >= 4 is 17.5 Å². The zero-order valence-corrected chi connectivity index (χ0v) is 15.8. The van der Waals surface area contributed by atoms with Crippen molar-refractivity contribution in [1.29, 1.82) is 0 Å². The largest absolute Gasteiger partial charge is 0.442 e. The molecule has 3 heterocycles. The molecular weight excluding hydrogens is 367 g/mol. The van der Waals surface area contributed by atoms with Gasteiger partial charge in [-0.3, -0.25) is 4.90 Å². The quantitative estimate of drug-likeness (QED) is 0.741. The average Bonchev–Trinajstić information content (AvgIpc) is 3.29. The molecule has 2 aliphatic rings. The summed E-state index contributed by atoms with van der Waals surface area (Å²) in [6, 6.07) is 4.82. The summed E-state index contributed by atoms with van der Waals surface area (Å²) < 4.78 is 25.3. The van der Waals surface area contributed by atoms with Crippen LogP contribution >= 0.6 is 0 Å². The normalized spacial score (nSPS) is 19.9. The Labute approximate surface area is 162 Å². The van der Waals surface area contributed by atoms with Gasteiger partial charge in [0.05, 0.1) is 31.1 Å². The Morgan fingerprint density at radius 3 is 2.86 bits per heavy atom. The Kier molecular flexibility index (Phi) is 5.38. The number of cyclic esters (lactones) is 1. The maximum absolute atomic E-state index is 14.6. The lowest BCUT2D eigenvalue weighted by molar-refractivity contribution is 0.122. The smallest absolute Gasteiger partial charge is 0.414 e. The van der Waals surface area contributed by atoms with Crippen LogP contribution in [0.2, 0.25) is 0 Å². The zero-order valence-electron chi connectivity index (χ0n) is 15.8. The van der Waals surface area contributed by atoms with E-state index in [9.17, 15) is 9.18 Å². The zero-order chi connectivity index (χ0) is 19.5. The lowest BCUT2D eigenvalue weighted by Crippen LogP contribution is -2.36. The van der Waals surface area contributed by atoms with Gasteiger partial charge in [0.25, 0.3) is 0 Å². The van der Waals surface area contributed by atoms with Crippen LogP contribution in [0.4, 0.5) is 20.6 Å². The number of ether oxygens (including phenoxy) is 2. The van der Waals surface area contributed by atoms with Gasteiger partial charge < -0.3 is 14.4 Å². The average molecular weight is 390 g/mol. The van der Waals surface area contributed by atoms with E-state index in [1.807, 2.05) is 11.8 Å². The number of aryl methyl sites for hydroxylation is 1. The van der Waals surface area contributed by atoms with E-state index in [2.05, 4.69) is 15.4 Å². The van der Waals surface area contributed by atoms with Crippen LogP contribution in [0.25, 0.3) is 0 Å². The van der Waals surface area contributed by atoms with E-state index < -0.39 is 12.2 Å². The lowest BCUT2D eigenvalue weighted by Gasteiger charge is -2.29. The van der Waals surface area contributed by atoms with Crippen LogP contribution in [0.5, 0.6) is 0 Å². The van der Waals surface area contributed by atoms with E-state index in [-0.39, 0.29) is 5.82 Å². The van der Waals surface area contributed by atoms with Crippen molar-refractivity contribution in [2.75, 3.05) is 42.6 Å². The second kappa shape index (κ2) is 8.09. The third-order valence-electron chi connectivity index (χ3n) is 4.80. The molecule has 2 fully saturated rings. The summed E-state index contributed by atoms with van der Waals surface area (Å²) in [5, 5.41) is 12.2. The number of amides is 1. The number of halogens is 1. The van der Waals surface area contributed by atoms with Crippen LogP contribution in [0.15, 0.2) is 18.2 Å². The van der Waals surface area contributed by atoms with Gasteiger partial charge in [-0.25, -0.2) is 9.18 Å². The van der Waals surface area contributed by atoms with Crippen molar-refractivity contribution in [2.24, 2.45) is 0 Å². The minimum Gasteiger partial charge on any atom is -0.442 e. The molecule has 1 aromatic carbocycles. The SMILES string of the molecule is CCCc1nnn(C[C@H]2CN(c3ccc(N4CCOCC4)c(F)c3)C(=O)O2)n1. The predicted octanol–water partition coefficient (Wildman–Crippen LogP) is 1.63. The maximum Gasteiger partial charge on any atom is 0.414 e. The van der Waals surface area contributed by atoms with E-state index >= 15 is 0 Å². The summed E-state index contributed by atoms with van der Waals surface area (Å²) in [6.45, 7) is 5.12. The van der Waals surface area contributed by atoms with E-state index in [4.69, 9.17) is 9.47 Å². The van der Waals surface area contributed by atoms with Crippen molar-refractivity contribution < 1.29 is 18.7 Å². The van der Waals surface area contributed by atoms with Crippen molar-refractivity contribution in [1.82, 2.24) is 20.2 Å². The number of nitrogens with zero attached hydrogens (tertiary/aromatic N) is 6. The monoisotopic (exact) mass is 390 g/mol. The van der Waals surface area contributed by atoms with Gasteiger partial charge in [0.15, 0.2) is 5.82 Å². The molecule has 1 amide bonds. The summed E-state index contributed by atoms with van der Waals surface area (Å²) in [5.41, 5.74) is 0.992. The third-order valence-corrected chi connectivity index (χ3v) is 4.80. The number of rotatable bonds is 6. The first-order valence-corrected chi connectivity index (χ1v) is 9.51. The summed E-state index contributed by atoms with van der Waals surface area (Å²) in [6.07, 6.45) is 0.769. The minimum atomic E-state index is -0.502. The van der Waals surface area contributed by atoms with Crippen LogP contribution in [0, 0.1) is 5.82 Å². The fraction of sp³-hybridized carbons (Fsp3) is 0.556. The molecule has 9 nitrogen and oxygen atoms in total. The molecule has 0 bridgehead atoms. The van der Waals surface area contributed by atoms with Gasteiger partial charge in [-0.05, 0) is 29.8 Å². The summed E-state index contributed by atoms with van der Waals surface area (Å²) in [5.74, 6) is 0.308. The molecule has 0 N–H and O–H groups in total. The van der Waals surface area contributed by atoms with Crippen molar-refractivity contribution in [2.45, 2.75) is 32.4 Å². The molecule has 2 saturated heterocycles. The number of benzene rings is 1. The van der Waals surface area contributed by atoms with Gasteiger partial charge in [0, 0.05) is 19.5 Å². The van der Waals surface area contributed by atoms with Gasteiger partial charge in [-0.1, -0.05) is 6.92 Å². The number of hydrogen-bond acceptors (Lipinski definition) is 7. The van der Waals surface area contributed by atoms with Crippen LogP contribution in [0.1, 0.15) is 19.2 Å². The summed E-state index contributed by atoms with van der Waals surface area (Å²) in [7, 11) is 0. The van der Waals surface area contributed by atoms with Gasteiger partial charge in [0.1, 0.15) is 18.5 Å². The fourth-order valence-electron chi connectivity index (χ4n) is 3.41. The molecule has 0 saturated carbocycles. The number of anilines is 2. The second-order valence-corrected chi connectivity index (χ2v) is 6.86. The highest BCUT2D eigenvalue weighted by Crippen LogP contribution is 2.28. The van der Waals surface area contributed by atoms with Crippen LogP contribution in [0.3, 0.4) is 0 Å². The number of morpholine rings is 1. The number of aromatic nitrogens is 4. The van der Waals surface area contributed by atoms with Crippen molar-refractivity contribution in [3.63, 3.8) is 0 Å². The maximum atomic E-state index is 14.6. The van der Waals surface area contributed by atoms with Crippen molar-refractivity contribution in [3.05, 3.63) is 29.8 Å². The Morgan fingerprint density at radius 2 is 2.11 bits per heavy atom. The van der Waals surface area contributed by atoms with Crippen molar-refractivity contribution in [3.8, 4) is 0 Å². The van der Waals surface area contributed by atoms with Crippen LogP contribution in [-0.2, 0) is 22.4 Å². The molecule has 150 valence electrons. The number of carbonyl (C=O) groups excluding carboxylic acids is 1. The van der Waals surface area contributed by atoms with Crippen LogP contribution in [-0.4, -0.2) is 65.3 Å². The molecule has 0 unspecified atom stereocenters. The standard InChI is InChI=1S/C18H23FN6O3/c1-2-3-17-20-22-25(21-17)12-14-11-24(18(26)28-14)13-4-5-16(15(19)10-13)23-6-8-27-9-7-23/h4-5,10,14H,2-3,6-9,11-12H2,1H3/t14-/m1/s1. The summed E-state index contributed by atoms with van der Waals surface area (Å²) >= 11 is 0. The number of tetrazole rings is 1. The van der Waals surface area contributed by atoms with Gasteiger partial charge >= 0.3 is 6.09 Å². The van der Waals surface area contributed by atoms with Gasteiger partial charge in [-0.15, -0.1) is 10.2 Å². The molecule has 4 rings (SSSR count). The first-order valence-electron chi connectivity index (χ1n) is 9.51. The molecule has 0 spiro atoms. The van der Waals surface area contributed by atoms with E-state index in [0.29, 0.717) is 56.6 Å². The lowest BCUT2D eigenvalue weighted by atomic mass is 10.2. The second-order valence-electron chi connectivity index (χ2n) is 6.86. The Hall–Kier alpha value is -2.75. The fourth-order valence-corrected chi connectivity index (χ4v) is 3.41. The highest BCUT2D eigenvalue weighted by atomic mass is 19.1. The molecule has 1 aromatic heterocycles. The number of carbonyl (C=O) groups is 1. The predicted molar refractivity (Wildman–Crippen MR) is 98.9 cm³/mol. The molecule has 1 atom stereocenters. The van der Waals surface area contributed by atoms with E-state index in [1.54, 1.807) is 12.1 Å². The van der Waals surface area contributed by atoms with E-state index in [0.717, 1.165) is 12.8 Å². The molecule has 2 aliphatic heterocycles. The third kappa shape index (κ3) is 3.91. The van der Waals surface area contributed by atoms with E-state index in [1.165, 1.54) is 15.8 Å². The first-order chi connectivity index (χ1) is 13.6. The van der Waals surface area contributed by atoms with Gasteiger partial charge in [0.2, 0.25) is 0 Å². The highest BCUT2D eigenvalue weighted by Gasteiger charge is 2.33. The summed E-state index contributed by atoms with van der Waals surface area (Å²) in [4.78, 5) is 17.1. The highest BCUT2D eigenvalue weighted by molar-refractivity contribution is 5.90. The first kappa shape index (κ1) is 18.6.